The van der Waals surface area contributed by atoms with Gasteiger partial charge in [-0.15, -0.1) is 0 Å². The van der Waals surface area contributed by atoms with Gasteiger partial charge < -0.3 is 14.8 Å². The Bertz CT molecular complexity index is 1290. The Morgan fingerprint density at radius 1 is 1.15 bits per heavy atom. The lowest BCUT2D eigenvalue weighted by atomic mass is 10.1. The predicted octanol–water partition coefficient (Wildman–Crippen LogP) is 3.39. The minimum atomic E-state index is 0.0115. The lowest BCUT2D eigenvalue weighted by Crippen LogP contribution is -2.29. The van der Waals surface area contributed by atoms with Crippen LogP contribution in [0.5, 0.6) is 0 Å². The van der Waals surface area contributed by atoms with E-state index in [1.165, 1.54) is 12.8 Å². The van der Waals surface area contributed by atoms with Crippen LogP contribution in [0.2, 0.25) is 0 Å². The van der Waals surface area contributed by atoms with Crippen molar-refractivity contribution in [3.05, 3.63) is 42.2 Å². The van der Waals surface area contributed by atoms with Crippen LogP contribution in [-0.4, -0.2) is 55.6 Å². The van der Waals surface area contributed by atoms with E-state index in [0.717, 1.165) is 57.3 Å². The van der Waals surface area contributed by atoms with Crippen LogP contribution >= 0.6 is 11.8 Å². The third-order valence-electron chi connectivity index (χ3n) is 6.11. The molecule has 9 heteroatoms. The highest BCUT2D eigenvalue weighted by molar-refractivity contribution is 7.99. The van der Waals surface area contributed by atoms with E-state index < -0.39 is 0 Å². The highest BCUT2D eigenvalue weighted by Crippen LogP contribution is 2.29. The number of para-hydroxylation sites is 1. The molecule has 8 nitrogen and oxygen atoms in total. The molecule has 1 fully saturated rings. The Morgan fingerprint density at radius 3 is 2.79 bits per heavy atom. The first-order chi connectivity index (χ1) is 16.1. The zero-order valence-electron chi connectivity index (χ0n) is 19.1. The fraction of sp³-hybridized carbons (Fsp3) is 0.417. The standard InChI is InChI=1S/C24H29N7OS/c1-3-33-24-27-22(30-11-6-7-12-30)19-15-26-31(23(19)28-24)13-10-25-21(32)14-17-16-29(2)20-9-5-4-8-18(17)20/h4-5,8-9,15-16H,3,6-7,10-14H2,1-2H3,(H,25,32). The first kappa shape index (κ1) is 21.8. The minimum absolute atomic E-state index is 0.0115. The topological polar surface area (TPSA) is 80.9 Å². The number of anilines is 1. The smallest absolute Gasteiger partial charge is 0.224 e. The van der Waals surface area contributed by atoms with E-state index in [4.69, 9.17) is 9.97 Å². The SMILES string of the molecule is CCSc1nc(N2CCCC2)c2cnn(CCNC(=O)Cc3cn(C)c4ccccc34)c2n1. The van der Waals surface area contributed by atoms with Crippen LogP contribution < -0.4 is 10.2 Å². The van der Waals surface area contributed by atoms with Gasteiger partial charge >= 0.3 is 0 Å². The molecule has 5 rings (SSSR count). The van der Waals surface area contributed by atoms with Gasteiger partial charge in [0.2, 0.25) is 5.91 Å². The second-order valence-electron chi connectivity index (χ2n) is 8.37. The summed E-state index contributed by atoms with van der Waals surface area (Å²) in [6.07, 6.45) is 6.65. The molecule has 1 aliphatic rings. The molecule has 1 amide bonds. The predicted molar refractivity (Wildman–Crippen MR) is 133 cm³/mol. The van der Waals surface area contributed by atoms with Crippen molar-refractivity contribution >= 4 is 45.4 Å². The van der Waals surface area contributed by atoms with Crippen molar-refractivity contribution in [1.82, 2.24) is 29.6 Å². The van der Waals surface area contributed by atoms with Gasteiger partial charge in [0.1, 0.15) is 5.82 Å². The van der Waals surface area contributed by atoms with E-state index in [1.807, 2.05) is 36.3 Å². The van der Waals surface area contributed by atoms with Gasteiger partial charge in [0.25, 0.3) is 0 Å². The summed E-state index contributed by atoms with van der Waals surface area (Å²) in [7, 11) is 2.01. The maximum Gasteiger partial charge on any atom is 0.224 e. The van der Waals surface area contributed by atoms with Crippen molar-refractivity contribution < 1.29 is 4.79 Å². The molecule has 0 spiro atoms. The van der Waals surface area contributed by atoms with Crippen molar-refractivity contribution in [1.29, 1.82) is 0 Å². The highest BCUT2D eigenvalue weighted by Gasteiger charge is 2.21. The maximum absolute atomic E-state index is 12.6. The molecule has 1 aromatic carbocycles. The van der Waals surface area contributed by atoms with Gasteiger partial charge in [-0.3, -0.25) is 4.79 Å². The number of amides is 1. The molecular formula is C24H29N7OS. The summed E-state index contributed by atoms with van der Waals surface area (Å²) < 4.78 is 3.95. The fourth-order valence-corrected chi connectivity index (χ4v) is 5.11. The van der Waals surface area contributed by atoms with Crippen LogP contribution in [0.4, 0.5) is 5.82 Å². The molecule has 3 aromatic heterocycles. The average molecular weight is 464 g/mol. The van der Waals surface area contributed by atoms with E-state index in [-0.39, 0.29) is 5.91 Å². The first-order valence-corrected chi connectivity index (χ1v) is 12.5. The molecule has 1 N–H and O–H groups in total. The van der Waals surface area contributed by atoms with Crippen molar-refractivity contribution in [2.24, 2.45) is 7.05 Å². The van der Waals surface area contributed by atoms with Crippen LogP contribution in [0.15, 0.2) is 41.8 Å². The summed E-state index contributed by atoms with van der Waals surface area (Å²) in [5.74, 6) is 1.92. The van der Waals surface area contributed by atoms with E-state index in [1.54, 1.807) is 11.8 Å². The van der Waals surface area contributed by atoms with Crippen LogP contribution in [0.3, 0.4) is 0 Å². The summed E-state index contributed by atoms with van der Waals surface area (Å²) in [6, 6.07) is 8.17. The van der Waals surface area contributed by atoms with Crippen LogP contribution in [-0.2, 0) is 24.8 Å². The van der Waals surface area contributed by atoms with Gasteiger partial charge in [0, 0.05) is 43.8 Å². The molecule has 0 unspecified atom stereocenters. The molecule has 4 aromatic rings. The number of benzene rings is 1. The Labute approximate surface area is 197 Å². The molecule has 4 heterocycles. The zero-order valence-corrected chi connectivity index (χ0v) is 19.9. The lowest BCUT2D eigenvalue weighted by molar-refractivity contribution is -0.120. The van der Waals surface area contributed by atoms with Gasteiger partial charge in [0.05, 0.1) is 24.5 Å². The first-order valence-electron chi connectivity index (χ1n) is 11.5. The van der Waals surface area contributed by atoms with E-state index in [0.29, 0.717) is 19.5 Å². The number of aryl methyl sites for hydroxylation is 1. The number of rotatable bonds is 8. The number of nitrogens with one attached hydrogen (secondary N) is 1. The lowest BCUT2D eigenvalue weighted by Gasteiger charge is -2.17. The number of hydrogen-bond donors (Lipinski definition) is 1. The molecule has 1 saturated heterocycles. The number of thioether (sulfide) groups is 1. The molecule has 0 radical (unpaired) electrons. The fourth-order valence-electron chi connectivity index (χ4n) is 4.55. The van der Waals surface area contributed by atoms with Crippen LogP contribution in [0.1, 0.15) is 25.3 Å². The van der Waals surface area contributed by atoms with E-state index in [2.05, 4.69) is 38.9 Å². The van der Waals surface area contributed by atoms with Crippen molar-refractivity contribution in [3.8, 4) is 0 Å². The number of fused-ring (bicyclic) bond motifs is 2. The molecule has 0 aliphatic carbocycles. The maximum atomic E-state index is 12.6. The Kier molecular flexibility index (Phi) is 6.22. The molecule has 33 heavy (non-hydrogen) atoms. The van der Waals surface area contributed by atoms with Crippen molar-refractivity contribution in [3.63, 3.8) is 0 Å². The normalized spacial score (nSPS) is 13.9. The summed E-state index contributed by atoms with van der Waals surface area (Å²) in [6.45, 7) is 5.23. The zero-order chi connectivity index (χ0) is 22.8. The number of hydrogen-bond acceptors (Lipinski definition) is 6. The highest BCUT2D eigenvalue weighted by atomic mass is 32.2. The average Bonchev–Trinajstić information content (AvgIpc) is 3.55. The van der Waals surface area contributed by atoms with Gasteiger partial charge in [-0.1, -0.05) is 36.9 Å². The van der Waals surface area contributed by atoms with Gasteiger partial charge in [0.15, 0.2) is 10.8 Å². The Balaban J connectivity index is 1.28. The third-order valence-corrected chi connectivity index (χ3v) is 6.84. The number of carbonyl (C=O) groups is 1. The summed E-state index contributed by atoms with van der Waals surface area (Å²) >= 11 is 1.65. The molecule has 1 aliphatic heterocycles. The van der Waals surface area contributed by atoms with Gasteiger partial charge in [-0.05, 0) is 30.2 Å². The second kappa shape index (κ2) is 9.43. The Hall–Kier alpha value is -3.07. The van der Waals surface area contributed by atoms with E-state index >= 15 is 0 Å². The van der Waals surface area contributed by atoms with Gasteiger partial charge in [-0.25, -0.2) is 14.6 Å². The minimum Gasteiger partial charge on any atom is -0.356 e. The van der Waals surface area contributed by atoms with Crippen LogP contribution in [0, 0.1) is 0 Å². The van der Waals surface area contributed by atoms with Crippen molar-refractivity contribution in [2.45, 2.75) is 37.9 Å². The quantitative estimate of drug-likeness (QED) is 0.319. The van der Waals surface area contributed by atoms with Crippen LogP contribution in [0.25, 0.3) is 21.9 Å². The Morgan fingerprint density at radius 2 is 1.97 bits per heavy atom. The monoisotopic (exact) mass is 463 g/mol. The number of aromatic nitrogens is 5. The number of carbonyl (C=O) groups excluding carboxylic acids is 1. The summed E-state index contributed by atoms with van der Waals surface area (Å²) in [5.41, 5.74) is 3.02. The van der Waals surface area contributed by atoms with Gasteiger partial charge in [-0.2, -0.15) is 5.10 Å². The molecule has 172 valence electrons. The summed E-state index contributed by atoms with van der Waals surface area (Å²) in [4.78, 5) is 24.6. The molecule has 0 bridgehead atoms. The largest absolute Gasteiger partial charge is 0.356 e. The molecular weight excluding hydrogens is 434 g/mol. The third kappa shape index (κ3) is 4.42. The van der Waals surface area contributed by atoms with E-state index in [9.17, 15) is 4.79 Å². The molecule has 0 atom stereocenters. The second-order valence-corrected chi connectivity index (χ2v) is 9.60. The summed E-state index contributed by atoms with van der Waals surface area (Å²) in [5, 5.41) is 10.5. The van der Waals surface area contributed by atoms with Crippen molar-refractivity contribution in [2.75, 3.05) is 30.3 Å². The molecule has 0 saturated carbocycles. The number of nitrogens with zero attached hydrogens (tertiary/aromatic N) is 6.